The summed E-state index contributed by atoms with van der Waals surface area (Å²) in [4.78, 5) is 0. The van der Waals surface area contributed by atoms with Crippen LogP contribution in [0.2, 0.25) is 5.02 Å². The van der Waals surface area contributed by atoms with Gasteiger partial charge in [0, 0.05) is 10.6 Å². The van der Waals surface area contributed by atoms with Crippen molar-refractivity contribution in [2.24, 2.45) is 0 Å². The van der Waals surface area contributed by atoms with Crippen LogP contribution in [-0.2, 0) is 0 Å². The molecule has 1 unspecified atom stereocenters. The summed E-state index contributed by atoms with van der Waals surface area (Å²) in [5.74, 6) is -0.360. The summed E-state index contributed by atoms with van der Waals surface area (Å²) in [6.07, 6.45) is -0.866. The van der Waals surface area contributed by atoms with E-state index in [1.807, 2.05) is 19.1 Å². The highest BCUT2D eigenvalue weighted by Crippen LogP contribution is 2.31. The minimum absolute atomic E-state index is 0.322. The number of aryl methyl sites for hydroxylation is 1. The first-order valence-corrected chi connectivity index (χ1v) is 6.56. The molecule has 0 saturated carbocycles. The molecule has 1 N–H and O–H groups in total. The van der Waals surface area contributed by atoms with Crippen molar-refractivity contribution in [3.05, 3.63) is 68.4 Å². The first-order chi connectivity index (χ1) is 8.50. The van der Waals surface area contributed by atoms with Gasteiger partial charge < -0.3 is 5.11 Å². The van der Waals surface area contributed by atoms with Crippen LogP contribution in [0.4, 0.5) is 4.39 Å². The molecule has 0 aliphatic rings. The molecule has 4 heteroatoms. The molecule has 1 atom stereocenters. The lowest BCUT2D eigenvalue weighted by Crippen LogP contribution is -2.01. The molecule has 0 spiro atoms. The predicted molar refractivity (Wildman–Crippen MR) is 74.4 cm³/mol. The molecule has 0 saturated heterocycles. The topological polar surface area (TPSA) is 20.2 Å². The second-order valence-corrected chi connectivity index (χ2v) is 5.29. The Bertz CT molecular complexity index is 586. The lowest BCUT2D eigenvalue weighted by molar-refractivity contribution is 0.220. The number of benzene rings is 2. The van der Waals surface area contributed by atoms with Crippen molar-refractivity contribution in [3.63, 3.8) is 0 Å². The number of halogens is 3. The van der Waals surface area contributed by atoms with E-state index in [0.717, 1.165) is 5.56 Å². The molecule has 0 heterocycles. The fourth-order valence-corrected chi connectivity index (χ4v) is 2.37. The van der Waals surface area contributed by atoms with Gasteiger partial charge in [0.05, 0.1) is 4.47 Å². The van der Waals surface area contributed by atoms with Crippen molar-refractivity contribution in [1.29, 1.82) is 0 Å². The fraction of sp³-hybridized carbons (Fsp3) is 0.143. The lowest BCUT2D eigenvalue weighted by atomic mass is 10.00. The van der Waals surface area contributed by atoms with Crippen LogP contribution in [0.15, 0.2) is 40.9 Å². The van der Waals surface area contributed by atoms with Gasteiger partial charge in [-0.2, -0.15) is 0 Å². The van der Waals surface area contributed by atoms with Crippen molar-refractivity contribution in [1.82, 2.24) is 0 Å². The van der Waals surface area contributed by atoms with Crippen LogP contribution in [0.3, 0.4) is 0 Å². The fourth-order valence-electron chi connectivity index (χ4n) is 1.74. The molecule has 2 aromatic rings. The number of aliphatic hydroxyl groups excluding tert-OH is 1. The van der Waals surface area contributed by atoms with E-state index < -0.39 is 6.10 Å². The molecule has 0 aliphatic heterocycles. The van der Waals surface area contributed by atoms with Crippen LogP contribution in [0, 0.1) is 12.7 Å². The van der Waals surface area contributed by atoms with Crippen LogP contribution in [0.1, 0.15) is 22.8 Å². The molecule has 94 valence electrons. The standard InChI is InChI=1S/C14H11BrClFO/c1-8-3-2-4-10(13(8)16)14(18)9-5-6-12(17)11(15)7-9/h2-7,14,18H,1H3. The molecule has 1 nitrogen and oxygen atoms in total. The molecule has 2 rings (SSSR count). The Hall–Kier alpha value is -0.900. The maximum atomic E-state index is 13.2. The second-order valence-electron chi connectivity index (χ2n) is 4.05. The summed E-state index contributed by atoms with van der Waals surface area (Å²) in [5, 5.41) is 10.8. The third kappa shape index (κ3) is 2.58. The first kappa shape index (κ1) is 13.5. The van der Waals surface area contributed by atoms with Gasteiger partial charge in [0.25, 0.3) is 0 Å². The summed E-state index contributed by atoms with van der Waals surface area (Å²) < 4.78 is 13.5. The Morgan fingerprint density at radius 1 is 1.28 bits per heavy atom. The van der Waals surface area contributed by atoms with Crippen LogP contribution in [0.25, 0.3) is 0 Å². The molecule has 2 aromatic carbocycles. The van der Waals surface area contributed by atoms with Crippen molar-refractivity contribution in [2.45, 2.75) is 13.0 Å². The van der Waals surface area contributed by atoms with Gasteiger partial charge in [-0.1, -0.05) is 35.9 Å². The Labute approximate surface area is 118 Å². The zero-order valence-electron chi connectivity index (χ0n) is 9.62. The van der Waals surface area contributed by atoms with Crippen LogP contribution >= 0.6 is 27.5 Å². The molecule has 0 radical (unpaired) electrons. The number of rotatable bonds is 2. The third-order valence-corrected chi connectivity index (χ3v) is 3.90. The van der Waals surface area contributed by atoms with Crippen molar-refractivity contribution < 1.29 is 9.50 Å². The van der Waals surface area contributed by atoms with Crippen LogP contribution in [-0.4, -0.2) is 5.11 Å². The largest absolute Gasteiger partial charge is 0.384 e. The number of hydrogen-bond acceptors (Lipinski definition) is 1. The highest BCUT2D eigenvalue weighted by Gasteiger charge is 2.16. The minimum Gasteiger partial charge on any atom is -0.384 e. The van der Waals surface area contributed by atoms with Crippen LogP contribution < -0.4 is 0 Å². The van der Waals surface area contributed by atoms with E-state index in [1.54, 1.807) is 18.2 Å². The van der Waals surface area contributed by atoms with E-state index in [9.17, 15) is 9.50 Å². The van der Waals surface area contributed by atoms with Gasteiger partial charge in [-0.3, -0.25) is 0 Å². The number of hydrogen-bond donors (Lipinski definition) is 1. The molecule has 18 heavy (non-hydrogen) atoms. The van der Waals surface area contributed by atoms with Gasteiger partial charge in [-0.05, 0) is 46.1 Å². The van der Waals surface area contributed by atoms with Crippen molar-refractivity contribution in [3.8, 4) is 0 Å². The van der Waals surface area contributed by atoms with Crippen molar-refractivity contribution >= 4 is 27.5 Å². The highest BCUT2D eigenvalue weighted by atomic mass is 79.9. The molecule has 0 aliphatic carbocycles. The summed E-state index contributed by atoms with van der Waals surface area (Å²) in [6.45, 7) is 1.87. The van der Waals surface area contributed by atoms with E-state index in [1.165, 1.54) is 6.07 Å². The van der Waals surface area contributed by atoms with Gasteiger partial charge in [0.2, 0.25) is 0 Å². The third-order valence-electron chi connectivity index (χ3n) is 2.78. The Morgan fingerprint density at radius 2 is 2.00 bits per heavy atom. The van der Waals surface area contributed by atoms with Gasteiger partial charge in [0.15, 0.2) is 0 Å². The molecular formula is C14H11BrClFO. The van der Waals surface area contributed by atoms with Gasteiger partial charge in [-0.15, -0.1) is 0 Å². The first-order valence-electron chi connectivity index (χ1n) is 5.38. The molecule has 0 aromatic heterocycles. The average Bonchev–Trinajstić information content (AvgIpc) is 2.35. The normalized spacial score (nSPS) is 12.5. The summed E-state index contributed by atoms with van der Waals surface area (Å²) >= 11 is 9.26. The Kier molecular flexibility index (Phi) is 4.05. The molecular weight excluding hydrogens is 319 g/mol. The summed E-state index contributed by atoms with van der Waals surface area (Å²) in [7, 11) is 0. The highest BCUT2D eigenvalue weighted by molar-refractivity contribution is 9.10. The summed E-state index contributed by atoms with van der Waals surface area (Å²) in [6, 6.07) is 9.88. The second kappa shape index (κ2) is 5.39. The quantitative estimate of drug-likeness (QED) is 0.851. The average molecular weight is 330 g/mol. The van der Waals surface area contributed by atoms with Gasteiger partial charge in [-0.25, -0.2) is 4.39 Å². The summed E-state index contributed by atoms with van der Waals surface area (Å²) in [5.41, 5.74) is 2.11. The van der Waals surface area contributed by atoms with Gasteiger partial charge in [0.1, 0.15) is 11.9 Å². The Balaban J connectivity index is 2.44. The lowest BCUT2D eigenvalue weighted by Gasteiger charge is -2.15. The van der Waals surface area contributed by atoms with E-state index in [4.69, 9.17) is 11.6 Å². The maximum absolute atomic E-state index is 13.2. The molecule has 0 amide bonds. The minimum atomic E-state index is -0.866. The Morgan fingerprint density at radius 3 is 2.67 bits per heavy atom. The maximum Gasteiger partial charge on any atom is 0.137 e. The molecule has 0 bridgehead atoms. The molecule has 0 fully saturated rings. The number of aliphatic hydroxyl groups is 1. The zero-order chi connectivity index (χ0) is 13.3. The van der Waals surface area contributed by atoms with E-state index in [2.05, 4.69) is 15.9 Å². The van der Waals surface area contributed by atoms with Crippen molar-refractivity contribution in [2.75, 3.05) is 0 Å². The van der Waals surface area contributed by atoms with E-state index in [-0.39, 0.29) is 5.82 Å². The predicted octanol–water partition coefficient (Wildman–Crippen LogP) is 4.63. The van der Waals surface area contributed by atoms with Gasteiger partial charge >= 0.3 is 0 Å². The SMILES string of the molecule is Cc1cccc(C(O)c2ccc(F)c(Br)c2)c1Cl. The van der Waals surface area contributed by atoms with Crippen LogP contribution in [0.5, 0.6) is 0 Å². The van der Waals surface area contributed by atoms with E-state index in [0.29, 0.717) is 20.6 Å². The smallest absolute Gasteiger partial charge is 0.137 e. The zero-order valence-corrected chi connectivity index (χ0v) is 12.0. The van der Waals surface area contributed by atoms with E-state index >= 15 is 0 Å². The monoisotopic (exact) mass is 328 g/mol.